The van der Waals surface area contributed by atoms with Crippen LogP contribution in [-0.4, -0.2) is 86.1 Å². The van der Waals surface area contributed by atoms with Crippen LogP contribution in [0.25, 0.3) is 0 Å². The molecule has 16 heavy (non-hydrogen) atoms. The molecule has 8 heteroatoms. The molecule has 0 aliphatic carbocycles. The average Bonchev–Trinajstić information content (AvgIpc) is 2.31. The first-order valence-electron chi connectivity index (χ1n) is 4.81. The minimum atomic E-state index is -1.83. The molecule has 0 aromatic rings. The summed E-state index contributed by atoms with van der Waals surface area (Å²) in [5.74, 6) is 0. The van der Waals surface area contributed by atoms with E-state index < -0.39 is 37.3 Å². The summed E-state index contributed by atoms with van der Waals surface area (Å²) in [5, 5.41) is 65.3. The molecule has 0 aliphatic heterocycles. The number of hydrogen-bond donors (Lipinski definition) is 8. The third kappa shape index (κ3) is 4.68. The van der Waals surface area contributed by atoms with E-state index in [1.807, 2.05) is 0 Å². The molecule has 0 spiro atoms. The number of nitrogens with one attached hydrogen (secondary N) is 1. The van der Waals surface area contributed by atoms with Crippen LogP contribution >= 0.6 is 0 Å². The fraction of sp³-hybridized carbons (Fsp3) is 1.00. The largest absolute Gasteiger partial charge is 0.395 e. The van der Waals surface area contributed by atoms with E-state index in [0.717, 1.165) is 0 Å². The van der Waals surface area contributed by atoms with Crippen LogP contribution in [0, 0.1) is 0 Å². The lowest BCUT2D eigenvalue weighted by molar-refractivity contribution is -0.145. The van der Waals surface area contributed by atoms with Gasteiger partial charge in [-0.3, -0.25) is 5.32 Å². The summed E-state index contributed by atoms with van der Waals surface area (Å²) in [7, 11) is 0. The minimum Gasteiger partial charge on any atom is -0.395 e. The van der Waals surface area contributed by atoms with Crippen molar-refractivity contribution in [2.24, 2.45) is 0 Å². The van der Waals surface area contributed by atoms with Crippen molar-refractivity contribution in [3.63, 3.8) is 0 Å². The molecule has 0 aromatic carbocycles. The Labute approximate surface area is 92.4 Å². The normalized spacial score (nSPS) is 21.2. The summed E-state index contributed by atoms with van der Waals surface area (Å²) < 4.78 is 0. The second kappa shape index (κ2) is 7.87. The third-order valence-electron chi connectivity index (χ3n) is 2.07. The Morgan fingerprint density at radius 2 is 1.38 bits per heavy atom. The van der Waals surface area contributed by atoms with E-state index in [4.69, 9.17) is 15.3 Å². The van der Waals surface area contributed by atoms with Gasteiger partial charge in [0.1, 0.15) is 30.6 Å². The van der Waals surface area contributed by atoms with Crippen molar-refractivity contribution in [2.75, 3.05) is 19.8 Å². The minimum absolute atomic E-state index is 0.0103. The van der Waals surface area contributed by atoms with Crippen LogP contribution in [0.2, 0.25) is 0 Å². The molecule has 0 radical (unpaired) electrons. The molecule has 0 aromatic heterocycles. The van der Waals surface area contributed by atoms with Gasteiger partial charge in [-0.25, -0.2) is 0 Å². The maximum atomic E-state index is 9.33. The first-order chi connectivity index (χ1) is 7.45. The molecule has 5 unspecified atom stereocenters. The van der Waals surface area contributed by atoms with Crippen molar-refractivity contribution in [1.29, 1.82) is 0 Å². The summed E-state index contributed by atoms with van der Waals surface area (Å²) in [6.45, 7) is -1.07. The molecule has 0 saturated heterocycles. The van der Waals surface area contributed by atoms with Gasteiger partial charge in [0.15, 0.2) is 0 Å². The van der Waals surface area contributed by atoms with Crippen LogP contribution in [0.1, 0.15) is 0 Å². The molecule has 8 nitrogen and oxygen atoms in total. The zero-order valence-electron chi connectivity index (χ0n) is 8.64. The van der Waals surface area contributed by atoms with Gasteiger partial charge in [0.2, 0.25) is 0 Å². The molecular formula is C8H19NO7. The molecule has 0 bridgehead atoms. The summed E-state index contributed by atoms with van der Waals surface area (Å²) in [6, 6.07) is 0. The quantitative estimate of drug-likeness (QED) is 0.197. The Bertz CT molecular complexity index is 182. The van der Waals surface area contributed by atoms with Gasteiger partial charge in [0.25, 0.3) is 0 Å². The molecule has 5 atom stereocenters. The maximum Gasteiger partial charge on any atom is 0.133 e. The van der Waals surface area contributed by atoms with Crippen LogP contribution in [0.4, 0.5) is 0 Å². The van der Waals surface area contributed by atoms with Crippen LogP contribution in [-0.2, 0) is 0 Å². The monoisotopic (exact) mass is 241 g/mol. The molecule has 0 aliphatic rings. The molecule has 0 saturated carbocycles. The summed E-state index contributed by atoms with van der Waals surface area (Å²) in [4.78, 5) is 0. The van der Waals surface area contributed by atoms with Crippen molar-refractivity contribution in [3.8, 4) is 0 Å². The van der Waals surface area contributed by atoms with Crippen molar-refractivity contribution in [1.82, 2.24) is 5.32 Å². The van der Waals surface area contributed by atoms with Crippen molar-refractivity contribution >= 4 is 0 Å². The maximum absolute atomic E-state index is 9.33. The zero-order valence-corrected chi connectivity index (χ0v) is 8.64. The van der Waals surface area contributed by atoms with E-state index in [2.05, 4.69) is 5.32 Å². The van der Waals surface area contributed by atoms with E-state index in [1.165, 1.54) is 0 Å². The fourth-order valence-corrected chi connectivity index (χ4v) is 1.06. The van der Waals surface area contributed by atoms with Gasteiger partial charge in [-0.05, 0) is 0 Å². The lowest BCUT2D eigenvalue weighted by Crippen LogP contribution is -2.54. The highest BCUT2D eigenvalue weighted by Gasteiger charge is 2.33. The predicted molar refractivity (Wildman–Crippen MR) is 52.2 cm³/mol. The third-order valence-corrected chi connectivity index (χ3v) is 2.07. The predicted octanol–water partition coefficient (Wildman–Crippen LogP) is -4.68. The highest BCUT2D eigenvalue weighted by molar-refractivity contribution is 4.83. The zero-order chi connectivity index (χ0) is 12.7. The first-order valence-corrected chi connectivity index (χ1v) is 4.81. The molecule has 0 heterocycles. The number of aliphatic hydroxyl groups excluding tert-OH is 7. The Kier molecular flexibility index (Phi) is 7.72. The van der Waals surface area contributed by atoms with Crippen molar-refractivity contribution < 1.29 is 35.7 Å². The number of aliphatic hydroxyl groups is 7. The van der Waals surface area contributed by atoms with E-state index >= 15 is 0 Å². The number of rotatable bonds is 8. The molecular weight excluding hydrogens is 222 g/mol. The first kappa shape index (κ1) is 15.7. The van der Waals surface area contributed by atoms with Crippen molar-refractivity contribution in [2.45, 2.75) is 30.6 Å². The summed E-state index contributed by atoms with van der Waals surface area (Å²) >= 11 is 0. The van der Waals surface area contributed by atoms with Gasteiger partial charge < -0.3 is 35.7 Å². The SMILES string of the molecule is OCCNC(O)C(O)C(O)C(O)C(O)CO. The van der Waals surface area contributed by atoms with Gasteiger partial charge in [-0.15, -0.1) is 0 Å². The van der Waals surface area contributed by atoms with E-state index in [9.17, 15) is 20.4 Å². The van der Waals surface area contributed by atoms with Gasteiger partial charge in [0.05, 0.1) is 13.2 Å². The van der Waals surface area contributed by atoms with Gasteiger partial charge in [-0.2, -0.15) is 0 Å². The van der Waals surface area contributed by atoms with E-state index in [0.29, 0.717) is 0 Å². The lowest BCUT2D eigenvalue weighted by atomic mass is 10.0. The Balaban J connectivity index is 4.19. The van der Waals surface area contributed by atoms with Crippen LogP contribution in [0.5, 0.6) is 0 Å². The van der Waals surface area contributed by atoms with Gasteiger partial charge in [-0.1, -0.05) is 0 Å². The molecule has 0 rings (SSSR count). The number of hydrogen-bond acceptors (Lipinski definition) is 8. The van der Waals surface area contributed by atoms with Crippen molar-refractivity contribution in [3.05, 3.63) is 0 Å². The fourth-order valence-electron chi connectivity index (χ4n) is 1.06. The van der Waals surface area contributed by atoms with Crippen LogP contribution in [0.3, 0.4) is 0 Å². The average molecular weight is 241 g/mol. The van der Waals surface area contributed by atoms with Gasteiger partial charge in [0, 0.05) is 6.54 Å². The Morgan fingerprint density at radius 1 is 0.812 bits per heavy atom. The summed E-state index contributed by atoms with van der Waals surface area (Å²) in [6.07, 6.45) is -8.56. The molecule has 0 fully saturated rings. The van der Waals surface area contributed by atoms with Gasteiger partial charge >= 0.3 is 0 Å². The van der Waals surface area contributed by atoms with Crippen LogP contribution < -0.4 is 5.32 Å². The smallest absolute Gasteiger partial charge is 0.133 e. The second-order valence-corrected chi connectivity index (χ2v) is 3.34. The highest BCUT2D eigenvalue weighted by atomic mass is 16.4. The Morgan fingerprint density at radius 3 is 1.81 bits per heavy atom. The Hall–Kier alpha value is -0.320. The highest BCUT2D eigenvalue weighted by Crippen LogP contribution is 2.07. The van der Waals surface area contributed by atoms with Crippen LogP contribution in [0.15, 0.2) is 0 Å². The van der Waals surface area contributed by atoms with E-state index in [1.54, 1.807) is 0 Å². The molecule has 0 amide bonds. The standard InChI is InChI=1S/C8H19NO7/c10-2-1-9-8(16)7(15)6(14)5(13)4(12)3-11/h4-16H,1-3H2. The van der Waals surface area contributed by atoms with E-state index in [-0.39, 0.29) is 13.2 Å². The summed E-state index contributed by atoms with van der Waals surface area (Å²) in [5.41, 5.74) is 0. The molecule has 98 valence electrons. The molecule has 8 N–H and O–H groups in total. The second-order valence-electron chi connectivity index (χ2n) is 3.34. The topological polar surface area (TPSA) is 154 Å². The lowest BCUT2D eigenvalue weighted by Gasteiger charge is -2.28.